The fourth-order valence-corrected chi connectivity index (χ4v) is 0.350. The summed E-state index contributed by atoms with van der Waals surface area (Å²) in [4.78, 5) is 1.97. The highest BCUT2D eigenvalue weighted by molar-refractivity contribution is 4.77. The van der Waals surface area contributed by atoms with Crippen LogP contribution in [0.15, 0.2) is 12.3 Å². The van der Waals surface area contributed by atoms with Crippen molar-refractivity contribution >= 4 is 0 Å². The van der Waals surface area contributed by atoms with E-state index in [1.165, 1.54) is 0 Å². The average molecular weight is 145 g/mol. The lowest BCUT2D eigenvalue weighted by atomic mass is 10.6. The Morgan fingerprint density at radius 3 is 2.10 bits per heavy atom. The second kappa shape index (κ2) is 11.3. The Morgan fingerprint density at radius 2 is 1.80 bits per heavy atom. The lowest BCUT2D eigenvalue weighted by Gasteiger charge is -2.01. The summed E-state index contributed by atoms with van der Waals surface area (Å²) in [5.41, 5.74) is 0. The van der Waals surface area contributed by atoms with Gasteiger partial charge >= 0.3 is 0 Å². The molecule has 2 nitrogen and oxygen atoms in total. The third kappa shape index (κ3) is 15.6. The fraction of sp³-hybridized carbons (Fsp3) is 0.750. The van der Waals surface area contributed by atoms with Crippen LogP contribution in [-0.4, -0.2) is 32.7 Å². The summed E-state index contributed by atoms with van der Waals surface area (Å²) in [6.45, 7) is 4.69. The zero-order valence-electron chi connectivity index (χ0n) is 7.72. The first-order valence-electron chi connectivity index (χ1n) is 3.59. The molecule has 0 amide bonds. The molecule has 0 bridgehead atoms. The van der Waals surface area contributed by atoms with Gasteiger partial charge in [0.2, 0.25) is 0 Å². The van der Waals surface area contributed by atoms with Crippen LogP contribution in [0.4, 0.5) is 0 Å². The van der Waals surface area contributed by atoms with Crippen molar-refractivity contribution in [3.8, 4) is 0 Å². The highest BCUT2D eigenvalue weighted by Crippen LogP contribution is 1.76. The minimum Gasteiger partial charge on any atom is -0.384 e. The van der Waals surface area contributed by atoms with Crippen LogP contribution in [-0.2, 0) is 4.74 Å². The molecular formula is C8H19NO. The standard InChI is InChI=1S/C6H13NO.C2H6/c1-7(2)5-4-6-8-3;1-2/h4-5H,6H2,1-3H3;1-2H3/b5-4-;. The van der Waals surface area contributed by atoms with Gasteiger partial charge in [-0.15, -0.1) is 0 Å². The fourth-order valence-electron chi connectivity index (χ4n) is 0.350. The minimum absolute atomic E-state index is 0.693. The van der Waals surface area contributed by atoms with Gasteiger partial charge in [0.25, 0.3) is 0 Å². The second-order valence-corrected chi connectivity index (χ2v) is 1.80. The van der Waals surface area contributed by atoms with Gasteiger partial charge in [0, 0.05) is 21.2 Å². The van der Waals surface area contributed by atoms with E-state index in [1.807, 2.05) is 45.1 Å². The number of rotatable bonds is 3. The molecule has 0 atom stereocenters. The molecule has 2 heteroatoms. The molecule has 0 unspecified atom stereocenters. The lowest BCUT2D eigenvalue weighted by molar-refractivity contribution is 0.232. The molecule has 62 valence electrons. The number of nitrogens with zero attached hydrogens (tertiary/aromatic N) is 1. The van der Waals surface area contributed by atoms with Crippen LogP contribution in [0, 0.1) is 0 Å². The Hall–Kier alpha value is -0.500. The van der Waals surface area contributed by atoms with E-state index >= 15 is 0 Å². The molecule has 0 saturated heterocycles. The van der Waals surface area contributed by atoms with Gasteiger partial charge in [0.1, 0.15) is 0 Å². The summed E-state index contributed by atoms with van der Waals surface area (Å²) in [5, 5.41) is 0. The van der Waals surface area contributed by atoms with Crippen LogP contribution in [0.5, 0.6) is 0 Å². The first-order valence-corrected chi connectivity index (χ1v) is 3.59. The third-order valence-corrected chi connectivity index (χ3v) is 0.666. The maximum Gasteiger partial charge on any atom is 0.0660 e. The Balaban J connectivity index is 0. The van der Waals surface area contributed by atoms with E-state index in [1.54, 1.807) is 7.11 Å². The average Bonchev–Trinajstić information content (AvgIpc) is 1.92. The molecule has 0 aromatic heterocycles. The lowest BCUT2D eigenvalue weighted by Crippen LogP contribution is -2.00. The van der Waals surface area contributed by atoms with Crippen molar-refractivity contribution in [1.29, 1.82) is 0 Å². The van der Waals surface area contributed by atoms with E-state index in [2.05, 4.69) is 0 Å². The molecule has 0 radical (unpaired) electrons. The summed E-state index contributed by atoms with van der Waals surface area (Å²) in [7, 11) is 5.64. The van der Waals surface area contributed by atoms with Crippen LogP contribution < -0.4 is 0 Å². The number of hydrogen-bond donors (Lipinski definition) is 0. The van der Waals surface area contributed by atoms with Crippen LogP contribution in [0.25, 0.3) is 0 Å². The number of hydrogen-bond acceptors (Lipinski definition) is 2. The van der Waals surface area contributed by atoms with E-state index in [9.17, 15) is 0 Å². The Kier molecular flexibility index (Phi) is 13.8. The molecule has 0 aliphatic heterocycles. The summed E-state index contributed by atoms with van der Waals surface area (Å²) in [6.07, 6.45) is 3.92. The molecule has 0 rings (SSSR count). The summed E-state index contributed by atoms with van der Waals surface area (Å²) in [5.74, 6) is 0. The molecule has 0 N–H and O–H groups in total. The van der Waals surface area contributed by atoms with Gasteiger partial charge < -0.3 is 9.64 Å². The molecule has 10 heavy (non-hydrogen) atoms. The van der Waals surface area contributed by atoms with E-state index < -0.39 is 0 Å². The Labute approximate surface area is 64.5 Å². The summed E-state index contributed by atoms with van der Waals surface area (Å²) >= 11 is 0. The van der Waals surface area contributed by atoms with Crippen LogP contribution in [0.2, 0.25) is 0 Å². The van der Waals surface area contributed by atoms with Crippen molar-refractivity contribution in [2.45, 2.75) is 13.8 Å². The number of methoxy groups -OCH3 is 1. The highest BCUT2D eigenvalue weighted by Gasteiger charge is 1.73. The molecule has 0 fully saturated rings. The van der Waals surface area contributed by atoms with Crippen molar-refractivity contribution in [1.82, 2.24) is 4.90 Å². The predicted octanol–water partition coefficient (Wildman–Crippen LogP) is 1.73. The van der Waals surface area contributed by atoms with Crippen molar-refractivity contribution < 1.29 is 4.74 Å². The Bertz CT molecular complexity index is 69.7. The van der Waals surface area contributed by atoms with Gasteiger partial charge in [-0.1, -0.05) is 13.8 Å². The second-order valence-electron chi connectivity index (χ2n) is 1.80. The monoisotopic (exact) mass is 145 g/mol. The van der Waals surface area contributed by atoms with Crippen molar-refractivity contribution in [2.24, 2.45) is 0 Å². The molecule has 0 heterocycles. The summed E-state index contributed by atoms with van der Waals surface area (Å²) < 4.78 is 4.78. The van der Waals surface area contributed by atoms with Crippen LogP contribution in [0.3, 0.4) is 0 Å². The first-order chi connectivity index (χ1) is 4.77. The zero-order valence-corrected chi connectivity index (χ0v) is 7.72. The highest BCUT2D eigenvalue weighted by atomic mass is 16.5. The Morgan fingerprint density at radius 1 is 1.30 bits per heavy atom. The van der Waals surface area contributed by atoms with Crippen molar-refractivity contribution in [3.63, 3.8) is 0 Å². The van der Waals surface area contributed by atoms with Crippen molar-refractivity contribution in [2.75, 3.05) is 27.8 Å². The smallest absolute Gasteiger partial charge is 0.0660 e. The molecule has 0 saturated carbocycles. The molecule has 0 spiro atoms. The summed E-state index contributed by atoms with van der Waals surface area (Å²) in [6, 6.07) is 0. The topological polar surface area (TPSA) is 12.5 Å². The third-order valence-electron chi connectivity index (χ3n) is 0.666. The first kappa shape index (κ1) is 12.2. The molecule has 0 aromatic carbocycles. The van der Waals surface area contributed by atoms with Gasteiger partial charge in [-0.3, -0.25) is 0 Å². The SMILES string of the molecule is CC.COC/C=C\N(C)C. The maximum atomic E-state index is 4.78. The van der Waals surface area contributed by atoms with E-state index in [-0.39, 0.29) is 0 Å². The number of ether oxygens (including phenoxy) is 1. The molecule has 0 aliphatic rings. The maximum absolute atomic E-state index is 4.78. The van der Waals surface area contributed by atoms with E-state index in [0.29, 0.717) is 6.61 Å². The quantitative estimate of drug-likeness (QED) is 0.599. The van der Waals surface area contributed by atoms with E-state index in [4.69, 9.17) is 4.74 Å². The van der Waals surface area contributed by atoms with Crippen LogP contribution in [0.1, 0.15) is 13.8 Å². The molecule has 0 aromatic rings. The predicted molar refractivity (Wildman–Crippen MR) is 46.1 cm³/mol. The van der Waals surface area contributed by atoms with Gasteiger partial charge in [-0.2, -0.15) is 0 Å². The van der Waals surface area contributed by atoms with Crippen molar-refractivity contribution in [3.05, 3.63) is 12.3 Å². The molecular weight excluding hydrogens is 126 g/mol. The van der Waals surface area contributed by atoms with Gasteiger partial charge in [0.05, 0.1) is 6.61 Å². The largest absolute Gasteiger partial charge is 0.384 e. The zero-order chi connectivity index (χ0) is 8.41. The minimum atomic E-state index is 0.693. The van der Waals surface area contributed by atoms with Gasteiger partial charge in [-0.25, -0.2) is 0 Å². The molecule has 0 aliphatic carbocycles. The van der Waals surface area contributed by atoms with Gasteiger partial charge in [-0.05, 0) is 12.3 Å². The van der Waals surface area contributed by atoms with Gasteiger partial charge in [0.15, 0.2) is 0 Å². The van der Waals surface area contributed by atoms with E-state index in [0.717, 1.165) is 0 Å². The normalized spacial score (nSPS) is 8.90. The van der Waals surface area contributed by atoms with Crippen LogP contribution >= 0.6 is 0 Å².